The zero-order chi connectivity index (χ0) is 15.6. The van der Waals surface area contributed by atoms with Gasteiger partial charge in [-0.25, -0.2) is 13.1 Å². The lowest BCUT2D eigenvalue weighted by atomic mass is 10.1. The molecule has 0 atom stereocenters. The first kappa shape index (κ1) is 16.7. The van der Waals surface area contributed by atoms with E-state index >= 15 is 0 Å². The van der Waals surface area contributed by atoms with Gasteiger partial charge in [-0.05, 0) is 40.7 Å². The third-order valence-electron chi connectivity index (χ3n) is 2.43. The van der Waals surface area contributed by atoms with Gasteiger partial charge in [-0.15, -0.1) is 0 Å². The van der Waals surface area contributed by atoms with Crippen molar-refractivity contribution in [2.45, 2.75) is 51.6 Å². The summed E-state index contributed by atoms with van der Waals surface area (Å²) in [6.45, 7) is 9.33. The van der Waals surface area contributed by atoms with E-state index in [1.54, 1.807) is 34.6 Å². The minimum atomic E-state index is -3.94. The molecular formula is C13H22N2O4S. The molecule has 0 saturated carbocycles. The second-order valence-electron chi connectivity index (χ2n) is 5.39. The largest absolute Gasteiger partial charge is 0.492 e. The average molecular weight is 302 g/mol. The van der Waals surface area contributed by atoms with Gasteiger partial charge in [0.2, 0.25) is 10.0 Å². The first-order valence-corrected chi connectivity index (χ1v) is 8.01. The summed E-state index contributed by atoms with van der Waals surface area (Å²) in [6, 6.07) is 1.51. The van der Waals surface area contributed by atoms with Crippen molar-refractivity contribution in [3.8, 4) is 5.75 Å². The molecule has 0 radical (unpaired) electrons. The number of aromatic nitrogens is 1. The molecule has 1 aromatic rings. The molecule has 0 aliphatic carbocycles. The van der Waals surface area contributed by atoms with Crippen molar-refractivity contribution >= 4 is 10.0 Å². The minimum Gasteiger partial charge on any atom is -0.492 e. The summed E-state index contributed by atoms with van der Waals surface area (Å²) in [7, 11) is -3.94. The van der Waals surface area contributed by atoms with Gasteiger partial charge < -0.3 is 9.30 Å². The van der Waals surface area contributed by atoms with Crippen molar-refractivity contribution in [1.29, 1.82) is 0 Å². The van der Waals surface area contributed by atoms with Gasteiger partial charge in [0.1, 0.15) is 5.75 Å². The van der Waals surface area contributed by atoms with E-state index in [0.29, 0.717) is 6.54 Å². The molecule has 0 bridgehead atoms. The molecule has 1 heterocycles. The summed E-state index contributed by atoms with van der Waals surface area (Å²) in [5, 5.41) is 0. The van der Waals surface area contributed by atoms with Crippen LogP contribution in [0, 0.1) is 0 Å². The first-order chi connectivity index (χ1) is 9.12. The number of hydrogen-bond donors (Lipinski definition) is 1. The number of aryl methyl sites for hydroxylation is 1. The molecule has 0 amide bonds. The second-order valence-corrected chi connectivity index (χ2v) is 7.01. The van der Waals surface area contributed by atoms with E-state index in [0.717, 1.165) is 0 Å². The van der Waals surface area contributed by atoms with Gasteiger partial charge in [0.15, 0.2) is 4.90 Å². The van der Waals surface area contributed by atoms with Gasteiger partial charge in [0, 0.05) is 18.3 Å². The highest BCUT2D eigenvalue weighted by Gasteiger charge is 2.29. The Hall–Kier alpha value is -1.34. The Labute approximate surface area is 119 Å². The highest BCUT2D eigenvalue weighted by atomic mass is 32.2. The first-order valence-electron chi connectivity index (χ1n) is 6.52. The van der Waals surface area contributed by atoms with Gasteiger partial charge in [-0.3, -0.25) is 4.79 Å². The molecule has 7 heteroatoms. The van der Waals surface area contributed by atoms with E-state index in [-0.39, 0.29) is 17.3 Å². The molecule has 114 valence electrons. The van der Waals surface area contributed by atoms with Crippen LogP contribution in [-0.2, 0) is 16.6 Å². The number of sulfonamides is 1. The van der Waals surface area contributed by atoms with E-state index in [1.807, 2.05) is 0 Å². The minimum absolute atomic E-state index is 0.0824. The van der Waals surface area contributed by atoms with Crippen LogP contribution >= 0.6 is 0 Å². The van der Waals surface area contributed by atoms with Crippen LogP contribution in [0.3, 0.4) is 0 Å². The van der Waals surface area contributed by atoms with E-state index in [2.05, 4.69) is 4.72 Å². The van der Waals surface area contributed by atoms with Gasteiger partial charge in [-0.1, -0.05) is 0 Å². The third kappa shape index (κ3) is 3.83. The van der Waals surface area contributed by atoms with E-state index in [1.165, 1.54) is 16.8 Å². The molecule has 0 fully saturated rings. The molecule has 0 aliphatic rings. The summed E-state index contributed by atoms with van der Waals surface area (Å²) >= 11 is 0. The lowest BCUT2D eigenvalue weighted by Gasteiger charge is -2.21. The Morgan fingerprint density at radius 2 is 1.90 bits per heavy atom. The number of ether oxygens (including phenoxy) is 1. The Kier molecular flexibility index (Phi) is 4.99. The van der Waals surface area contributed by atoms with Crippen LogP contribution in [0.25, 0.3) is 0 Å². The van der Waals surface area contributed by atoms with Gasteiger partial charge in [0.25, 0.3) is 5.56 Å². The third-order valence-corrected chi connectivity index (χ3v) is 4.23. The maximum absolute atomic E-state index is 12.4. The number of nitrogens with one attached hydrogen (secondary N) is 1. The lowest BCUT2D eigenvalue weighted by Crippen LogP contribution is -2.43. The van der Waals surface area contributed by atoms with Gasteiger partial charge in [-0.2, -0.15) is 0 Å². The number of hydrogen-bond acceptors (Lipinski definition) is 4. The number of nitrogens with zero attached hydrogens (tertiary/aromatic N) is 1. The number of pyridine rings is 1. The predicted octanol–water partition coefficient (Wildman–Crippen LogP) is 1.34. The van der Waals surface area contributed by atoms with Gasteiger partial charge in [0.05, 0.1) is 6.61 Å². The van der Waals surface area contributed by atoms with Crippen molar-refractivity contribution in [2.24, 2.45) is 0 Å². The van der Waals surface area contributed by atoms with Crippen molar-refractivity contribution in [3.05, 3.63) is 22.6 Å². The lowest BCUT2D eigenvalue weighted by molar-refractivity contribution is 0.327. The van der Waals surface area contributed by atoms with Crippen LogP contribution in [0.5, 0.6) is 5.75 Å². The van der Waals surface area contributed by atoms with Crippen LogP contribution in [-0.4, -0.2) is 25.1 Å². The van der Waals surface area contributed by atoms with E-state index in [9.17, 15) is 13.2 Å². The van der Waals surface area contributed by atoms with Crippen LogP contribution in [0.2, 0.25) is 0 Å². The second kappa shape index (κ2) is 5.97. The monoisotopic (exact) mass is 302 g/mol. The molecule has 0 saturated heterocycles. The number of rotatable bonds is 5. The van der Waals surface area contributed by atoms with Crippen LogP contribution < -0.4 is 15.0 Å². The SMILES string of the molecule is CCOc1ccn(CC)c(=O)c1S(=O)(=O)NC(C)(C)C. The summed E-state index contributed by atoms with van der Waals surface area (Å²) in [6.07, 6.45) is 1.53. The quantitative estimate of drug-likeness (QED) is 0.890. The molecule has 6 nitrogen and oxygen atoms in total. The highest BCUT2D eigenvalue weighted by Crippen LogP contribution is 2.21. The molecule has 20 heavy (non-hydrogen) atoms. The van der Waals surface area contributed by atoms with Crippen molar-refractivity contribution in [2.75, 3.05) is 6.61 Å². The molecule has 1 aromatic heterocycles. The van der Waals surface area contributed by atoms with Crippen LogP contribution in [0.1, 0.15) is 34.6 Å². The molecule has 0 unspecified atom stereocenters. The molecule has 1 N–H and O–H groups in total. The zero-order valence-electron chi connectivity index (χ0n) is 12.6. The highest BCUT2D eigenvalue weighted by molar-refractivity contribution is 7.89. The summed E-state index contributed by atoms with van der Waals surface area (Å²) in [5.74, 6) is 0.0824. The summed E-state index contributed by atoms with van der Waals surface area (Å²) < 4.78 is 34.0. The Bertz CT molecular complexity index is 627. The maximum Gasteiger partial charge on any atom is 0.274 e. The fourth-order valence-corrected chi connectivity index (χ4v) is 3.40. The topological polar surface area (TPSA) is 77.4 Å². The molecular weight excluding hydrogens is 280 g/mol. The predicted molar refractivity (Wildman–Crippen MR) is 77.6 cm³/mol. The van der Waals surface area contributed by atoms with Crippen LogP contribution in [0.4, 0.5) is 0 Å². The van der Waals surface area contributed by atoms with Crippen molar-refractivity contribution < 1.29 is 13.2 Å². The van der Waals surface area contributed by atoms with E-state index in [4.69, 9.17) is 4.74 Å². The molecule has 1 rings (SSSR count). The van der Waals surface area contributed by atoms with Crippen molar-refractivity contribution in [3.63, 3.8) is 0 Å². The Balaban J connectivity index is 3.52. The fraction of sp³-hybridized carbons (Fsp3) is 0.615. The summed E-state index contributed by atoms with van der Waals surface area (Å²) in [4.78, 5) is 12.0. The molecule has 0 spiro atoms. The Morgan fingerprint density at radius 1 is 1.30 bits per heavy atom. The molecule has 0 aliphatic heterocycles. The van der Waals surface area contributed by atoms with Crippen LogP contribution in [0.15, 0.2) is 22.0 Å². The zero-order valence-corrected chi connectivity index (χ0v) is 13.4. The average Bonchev–Trinajstić information content (AvgIpc) is 2.26. The normalized spacial score (nSPS) is 12.4. The molecule has 0 aromatic carbocycles. The standard InChI is InChI=1S/C13H22N2O4S/c1-6-15-9-8-10(19-7-2)11(12(15)16)20(17,18)14-13(3,4)5/h8-9,14H,6-7H2,1-5H3. The summed E-state index contributed by atoms with van der Waals surface area (Å²) in [5.41, 5.74) is -1.25. The van der Waals surface area contributed by atoms with Gasteiger partial charge >= 0.3 is 0 Å². The fourth-order valence-electron chi connectivity index (χ4n) is 1.76. The smallest absolute Gasteiger partial charge is 0.274 e. The van der Waals surface area contributed by atoms with Crippen molar-refractivity contribution in [1.82, 2.24) is 9.29 Å². The maximum atomic E-state index is 12.4. The Morgan fingerprint density at radius 3 is 2.35 bits per heavy atom. The van der Waals surface area contributed by atoms with E-state index < -0.39 is 21.1 Å².